The third-order valence-corrected chi connectivity index (χ3v) is 2.21. The van der Waals surface area contributed by atoms with Gasteiger partial charge in [-0.05, 0) is 26.4 Å². The van der Waals surface area contributed by atoms with Gasteiger partial charge in [-0.1, -0.05) is 0 Å². The standard InChI is InChI=1S/C8H15NO3/c1-9-4-2-3-7(9)5-12-6-8(10)11/h7H,2-6H2,1H3,(H,10,11)/t7-/m0/s1. The number of aliphatic carboxylic acids is 1. The van der Waals surface area contributed by atoms with Gasteiger partial charge in [0.15, 0.2) is 0 Å². The third-order valence-electron chi connectivity index (χ3n) is 2.21. The number of likely N-dealkylation sites (N-methyl/N-ethyl adjacent to an activating group) is 1. The molecule has 1 N–H and O–H groups in total. The minimum Gasteiger partial charge on any atom is -0.480 e. The number of carboxylic acid groups (broad SMARTS) is 1. The monoisotopic (exact) mass is 173 g/mol. The van der Waals surface area contributed by atoms with Gasteiger partial charge in [0.25, 0.3) is 0 Å². The molecule has 0 unspecified atom stereocenters. The van der Waals surface area contributed by atoms with Gasteiger partial charge >= 0.3 is 5.97 Å². The predicted octanol–water partition coefficient (Wildman–Crippen LogP) is 0.182. The van der Waals surface area contributed by atoms with E-state index in [1.165, 1.54) is 6.42 Å². The van der Waals surface area contributed by atoms with Crippen LogP contribution in [0.4, 0.5) is 0 Å². The molecule has 0 aliphatic carbocycles. The van der Waals surface area contributed by atoms with E-state index in [1.54, 1.807) is 0 Å². The Hall–Kier alpha value is -0.610. The maximum absolute atomic E-state index is 10.1. The van der Waals surface area contributed by atoms with Crippen molar-refractivity contribution >= 4 is 5.97 Å². The highest BCUT2D eigenvalue weighted by atomic mass is 16.5. The van der Waals surface area contributed by atoms with Crippen LogP contribution in [0.15, 0.2) is 0 Å². The highest BCUT2D eigenvalue weighted by Crippen LogP contribution is 2.14. The van der Waals surface area contributed by atoms with Crippen LogP contribution >= 0.6 is 0 Å². The van der Waals surface area contributed by atoms with Gasteiger partial charge in [-0.25, -0.2) is 4.79 Å². The number of carboxylic acids is 1. The number of likely N-dealkylation sites (tertiary alicyclic amines) is 1. The van der Waals surface area contributed by atoms with Crippen LogP contribution in [0.5, 0.6) is 0 Å². The summed E-state index contributed by atoms with van der Waals surface area (Å²) in [6.45, 7) is 1.47. The van der Waals surface area contributed by atoms with Crippen LogP contribution in [-0.4, -0.2) is 48.8 Å². The van der Waals surface area contributed by atoms with E-state index in [2.05, 4.69) is 4.90 Å². The molecule has 1 fully saturated rings. The zero-order valence-electron chi connectivity index (χ0n) is 7.32. The van der Waals surface area contributed by atoms with Gasteiger partial charge in [0.05, 0.1) is 6.61 Å². The minimum atomic E-state index is -0.893. The lowest BCUT2D eigenvalue weighted by atomic mass is 10.2. The van der Waals surface area contributed by atoms with Crippen molar-refractivity contribution in [2.75, 3.05) is 26.8 Å². The van der Waals surface area contributed by atoms with Crippen LogP contribution in [-0.2, 0) is 9.53 Å². The molecule has 1 atom stereocenters. The van der Waals surface area contributed by atoms with E-state index in [4.69, 9.17) is 9.84 Å². The molecule has 0 aromatic rings. The Morgan fingerprint density at radius 3 is 3.00 bits per heavy atom. The summed E-state index contributed by atoms with van der Waals surface area (Å²) in [4.78, 5) is 12.3. The molecule has 0 radical (unpaired) electrons. The Morgan fingerprint density at radius 2 is 2.50 bits per heavy atom. The molecule has 1 heterocycles. The van der Waals surface area contributed by atoms with E-state index < -0.39 is 5.97 Å². The average Bonchev–Trinajstić information content (AvgIpc) is 2.36. The summed E-state index contributed by atoms with van der Waals surface area (Å²) in [6, 6.07) is 0.421. The molecule has 1 rings (SSSR count). The van der Waals surface area contributed by atoms with E-state index in [0.29, 0.717) is 12.6 Å². The summed E-state index contributed by atoms with van der Waals surface area (Å²) in [7, 11) is 2.04. The molecule has 12 heavy (non-hydrogen) atoms. The van der Waals surface area contributed by atoms with Gasteiger partial charge in [0.2, 0.25) is 0 Å². The molecule has 4 nitrogen and oxygen atoms in total. The molecule has 70 valence electrons. The second-order valence-electron chi connectivity index (χ2n) is 3.19. The second-order valence-corrected chi connectivity index (χ2v) is 3.19. The molecule has 0 spiro atoms. The Balaban J connectivity index is 2.10. The van der Waals surface area contributed by atoms with Crippen LogP contribution in [0, 0.1) is 0 Å². The van der Waals surface area contributed by atoms with Gasteiger partial charge in [-0.3, -0.25) is 0 Å². The Morgan fingerprint density at radius 1 is 1.75 bits per heavy atom. The molecular weight excluding hydrogens is 158 g/mol. The van der Waals surface area contributed by atoms with Crippen LogP contribution in [0.3, 0.4) is 0 Å². The first-order valence-electron chi connectivity index (χ1n) is 4.20. The molecule has 4 heteroatoms. The average molecular weight is 173 g/mol. The van der Waals surface area contributed by atoms with Crippen LogP contribution in [0.1, 0.15) is 12.8 Å². The van der Waals surface area contributed by atoms with E-state index in [-0.39, 0.29) is 6.61 Å². The van der Waals surface area contributed by atoms with Gasteiger partial charge in [-0.2, -0.15) is 0 Å². The molecular formula is C8H15NO3. The zero-order chi connectivity index (χ0) is 8.97. The molecule has 0 bridgehead atoms. The number of ether oxygens (including phenoxy) is 1. The first-order valence-corrected chi connectivity index (χ1v) is 4.20. The quantitative estimate of drug-likeness (QED) is 0.659. The van der Waals surface area contributed by atoms with Gasteiger partial charge < -0.3 is 14.7 Å². The highest BCUT2D eigenvalue weighted by Gasteiger charge is 2.20. The molecule has 0 saturated carbocycles. The minimum absolute atomic E-state index is 0.176. The summed E-state index contributed by atoms with van der Waals surface area (Å²) < 4.78 is 5.01. The normalized spacial score (nSPS) is 24.6. The molecule has 0 aromatic carbocycles. The number of hydrogen-bond donors (Lipinski definition) is 1. The van der Waals surface area contributed by atoms with E-state index in [9.17, 15) is 4.79 Å². The van der Waals surface area contributed by atoms with Crippen LogP contribution in [0.2, 0.25) is 0 Å². The molecule has 0 aromatic heterocycles. The first-order chi connectivity index (χ1) is 5.70. The first kappa shape index (κ1) is 9.48. The van der Waals surface area contributed by atoms with E-state index >= 15 is 0 Å². The van der Waals surface area contributed by atoms with Crippen molar-refractivity contribution in [2.45, 2.75) is 18.9 Å². The summed E-state index contributed by atoms with van der Waals surface area (Å²) in [5, 5.41) is 8.31. The third kappa shape index (κ3) is 2.79. The van der Waals surface area contributed by atoms with Crippen molar-refractivity contribution in [3.8, 4) is 0 Å². The van der Waals surface area contributed by atoms with Crippen molar-refractivity contribution in [1.29, 1.82) is 0 Å². The van der Waals surface area contributed by atoms with E-state index in [1.807, 2.05) is 7.05 Å². The smallest absolute Gasteiger partial charge is 0.329 e. The van der Waals surface area contributed by atoms with Crippen molar-refractivity contribution in [3.05, 3.63) is 0 Å². The maximum atomic E-state index is 10.1. The molecule has 0 amide bonds. The number of rotatable bonds is 4. The van der Waals surface area contributed by atoms with Crippen molar-refractivity contribution in [2.24, 2.45) is 0 Å². The Kier molecular flexibility index (Phi) is 3.49. The number of carbonyl (C=O) groups is 1. The predicted molar refractivity (Wildman–Crippen MR) is 44.1 cm³/mol. The fourth-order valence-electron chi connectivity index (χ4n) is 1.47. The van der Waals surface area contributed by atoms with Gasteiger partial charge in [0, 0.05) is 6.04 Å². The number of nitrogens with zero attached hydrogens (tertiary/aromatic N) is 1. The SMILES string of the molecule is CN1CCC[C@H]1COCC(=O)O. The van der Waals surface area contributed by atoms with Crippen molar-refractivity contribution < 1.29 is 14.6 Å². The van der Waals surface area contributed by atoms with Gasteiger partial charge in [-0.15, -0.1) is 0 Å². The second kappa shape index (κ2) is 4.42. The summed E-state index contributed by atoms with van der Waals surface area (Å²) >= 11 is 0. The summed E-state index contributed by atoms with van der Waals surface area (Å²) in [5.74, 6) is -0.893. The van der Waals surface area contributed by atoms with Crippen LogP contribution < -0.4 is 0 Å². The van der Waals surface area contributed by atoms with Gasteiger partial charge in [0.1, 0.15) is 6.61 Å². The Bertz CT molecular complexity index is 160. The summed E-state index contributed by atoms with van der Waals surface area (Å²) in [6.07, 6.45) is 2.31. The van der Waals surface area contributed by atoms with Crippen molar-refractivity contribution in [3.63, 3.8) is 0 Å². The lowest BCUT2D eigenvalue weighted by Crippen LogP contribution is -2.30. The van der Waals surface area contributed by atoms with Crippen LogP contribution in [0.25, 0.3) is 0 Å². The fourth-order valence-corrected chi connectivity index (χ4v) is 1.47. The maximum Gasteiger partial charge on any atom is 0.329 e. The zero-order valence-corrected chi connectivity index (χ0v) is 7.32. The fraction of sp³-hybridized carbons (Fsp3) is 0.875. The largest absolute Gasteiger partial charge is 0.480 e. The highest BCUT2D eigenvalue weighted by molar-refractivity contribution is 5.67. The van der Waals surface area contributed by atoms with Crippen molar-refractivity contribution in [1.82, 2.24) is 4.90 Å². The topological polar surface area (TPSA) is 49.8 Å². The lowest BCUT2D eigenvalue weighted by Gasteiger charge is -2.18. The Labute approximate surface area is 72.1 Å². The van der Waals surface area contributed by atoms with E-state index in [0.717, 1.165) is 13.0 Å². The number of hydrogen-bond acceptors (Lipinski definition) is 3. The molecule has 1 aliphatic heterocycles. The molecule has 1 aliphatic rings. The molecule has 1 saturated heterocycles. The summed E-state index contributed by atoms with van der Waals surface area (Å²) in [5.41, 5.74) is 0. The lowest BCUT2D eigenvalue weighted by molar-refractivity contribution is -0.142.